The van der Waals surface area contributed by atoms with E-state index >= 15 is 0 Å². The summed E-state index contributed by atoms with van der Waals surface area (Å²) in [6.07, 6.45) is 4.75. The topological polar surface area (TPSA) is 12.0 Å². The maximum Gasteiger partial charge on any atom is 0.162 e. The summed E-state index contributed by atoms with van der Waals surface area (Å²) in [6, 6.07) is 4.87. The molecular weight excluding hydrogens is 220 g/mol. The molecule has 0 saturated heterocycles. The van der Waals surface area contributed by atoms with Crippen molar-refractivity contribution in [2.75, 3.05) is 7.05 Å². The summed E-state index contributed by atoms with van der Waals surface area (Å²) in [4.78, 5) is 0. The molecule has 1 rings (SSSR count). The minimum absolute atomic E-state index is 0.483. The van der Waals surface area contributed by atoms with Gasteiger partial charge in [0.2, 0.25) is 0 Å². The van der Waals surface area contributed by atoms with Crippen molar-refractivity contribution in [2.24, 2.45) is 0 Å². The van der Waals surface area contributed by atoms with Crippen molar-refractivity contribution in [1.82, 2.24) is 5.32 Å². The van der Waals surface area contributed by atoms with Crippen molar-refractivity contribution in [2.45, 2.75) is 45.1 Å². The van der Waals surface area contributed by atoms with Gasteiger partial charge in [-0.15, -0.1) is 0 Å². The summed E-state index contributed by atoms with van der Waals surface area (Å²) in [7, 11) is 1.95. The number of hydrogen-bond acceptors (Lipinski definition) is 1. The molecule has 0 spiro atoms. The third-order valence-corrected chi connectivity index (χ3v) is 3.08. The van der Waals surface area contributed by atoms with Crippen LogP contribution in [-0.4, -0.2) is 13.1 Å². The van der Waals surface area contributed by atoms with Crippen molar-refractivity contribution in [3.05, 3.63) is 35.4 Å². The lowest BCUT2D eigenvalue weighted by atomic mass is 10.0. The van der Waals surface area contributed by atoms with Crippen LogP contribution in [-0.2, 0) is 6.42 Å². The fourth-order valence-electron chi connectivity index (χ4n) is 2.06. The van der Waals surface area contributed by atoms with Gasteiger partial charge in [0.05, 0.1) is 0 Å². The van der Waals surface area contributed by atoms with E-state index in [1.165, 1.54) is 0 Å². The predicted octanol–water partition coefficient (Wildman–Crippen LogP) is 3.68. The Morgan fingerprint density at radius 3 is 2.65 bits per heavy atom. The van der Waals surface area contributed by atoms with Crippen LogP contribution in [0.4, 0.5) is 8.78 Å². The molecule has 1 atom stereocenters. The number of benzene rings is 1. The molecule has 1 N–H and O–H groups in total. The predicted molar refractivity (Wildman–Crippen MR) is 67.1 cm³/mol. The molecule has 0 aliphatic heterocycles. The molecule has 0 aliphatic carbocycles. The third kappa shape index (κ3) is 4.43. The molecule has 0 bridgehead atoms. The summed E-state index contributed by atoms with van der Waals surface area (Å²) in [5, 5.41) is 3.25. The molecule has 1 nitrogen and oxygen atoms in total. The molecule has 0 fully saturated rings. The first-order chi connectivity index (χ1) is 8.19. The van der Waals surface area contributed by atoms with Crippen molar-refractivity contribution in [3.63, 3.8) is 0 Å². The number of nitrogens with one attached hydrogen (secondary N) is 1. The molecular formula is C14H21F2N. The highest BCUT2D eigenvalue weighted by Gasteiger charge is 2.09. The van der Waals surface area contributed by atoms with Gasteiger partial charge in [-0.1, -0.05) is 25.5 Å². The summed E-state index contributed by atoms with van der Waals surface area (Å²) < 4.78 is 26.3. The van der Waals surface area contributed by atoms with E-state index < -0.39 is 11.6 Å². The summed E-state index contributed by atoms with van der Waals surface area (Å²) in [5.74, 6) is -1.44. The van der Waals surface area contributed by atoms with E-state index in [2.05, 4.69) is 12.2 Å². The molecule has 0 aromatic heterocycles. The fraction of sp³-hybridized carbons (Fsp3) is 0.571. The Morgan fingerprint density at radius 1 is 1.24 bits per heavy atom. The van der Waals surface area contributed by atoms with Crippen molar-refractivity contribution in [3.8, 4) is 0 Å². The quantitative estimate of drug-likeness (QED) is 0.768. The summed E-state index contributed by atoms with van der Waals surface area (Å²) in [6.45, 7) is 2.15. The van der Waals surface area contributed by atoms with Gasteiger partial charge in [-0.3, -0.25) is 0 Å². The fourth-order valence-corrected chi connectivity index (χ4v) is 2.06. The molecule has 96 valence electrons. The van der Waals surface area contributed by atoms with E-state index in [-0.39, 0.29) is 0 Å². The molecule has 1 aromatic rings. The van der Waals surface area contributed by atoms with Crippen LogP contribution < -0.4 is 5.32 Å². The van der Waals surface area contributed by atoms with E-state index in [0.29, 0.717) is 18.0 Å². The molecule has 0 saturated carbocycles. The second-order valence-electron chi connectivity index (χ2n) is 4.38. The van der Waals surface area contributed by atoms with Gasteiger partial charge in [-0.25, -0.2) is 8.78 Å². The van der Waals surface area contributed by atoms with Crippen LogP contribution in [0, 0.1) is 11.6 Å². The van der Waals surface area contributed by atoms with Crippen LogP contribution in [0.25, 0.3) is 0 Å². The lowest BCUT2D eigenvalue weighted by molar-refractivity contribution is 0.461. The SMILES string of the molecule is CCCC(CCCc1cccc(F)c1F)NC. The number of rotatable bonds is 7. The van der Waals surface area contributed by atoms with Gasteiger partial charge in [0.1, 0.15) is 0 Å². The average molecular weight is 241 g/mol. The van der Waals surface area contributed by atoms with Crippen LogP contribution in [0.3, 0.4) is 0 Å². The van der Waals surface area contributed by atoms with Crippen molar-refractivity contribution in [1.29, 1.82) is 0 Å². The van der Waals surface area contributed by atoms with Crippen LogP contribution in [0.1, 0.15) is 38.2 Å². The zero-order chi connectivity index (χ0) is 12.7. The Bertz CT molecular complexity index is 339. The minimum atomic E-state index is -0.749. The Kier molecular flexibility index (Phi) is 6.12. The first kappa shape index (κ1) is 14.1. The van der Waals surface area contributed by atoms with Crippen molar-refractivity contribution < 1.29 is 8.78 Å². The van der Waals surface area contributed by atoms with E-state index in [1.807, 2.05) is 7.05 Å². The highest BCUT2D eigenvalue weighted by atomic mass is 19.2. The molecule has 0 heterocycles. The second-order valence-corrected chi connectivity index (χ2v) is 4.38. The van der Waals surface area contributed by atoms with Crippen LogP contribution in [0.2, 0.25) is 0 Å². The van der Waals surface area contributed by atoms with Crippen LogP contribution in [0.15, 0.2) is 18.2 Å². The Morgan fingerprint density at radius 2 is 2.00 bits per heavy atom. The van der Waals surface area contributed by atoms with Crippen LogP contribution in [0.5, 0.6) is 0 Å². The van der Waals surface area contributed by atoms with Gasteiger partial charge in [-0.2, -0.15) is 0 Å². The molecule has 1 unspecified atom stereocenters. The van der Waals surface area contributed by atoms with Gasteiger partial charge in [-0.05, 0) is 44.4 Å². The molecule has 17 heavy (non-hydrogen) atoms. The maximum absolute atomic E-state index is 13.4. The highest BCUT2D eigenvalue weighted by Crippen LogP contribution is 2.15. The number of halogens is 2. The van der Waals surface area contributed by atoms with Gasteiger partial charge in [0.25, 0.3) is 0 Å². The first-order valence-electron chi connectivity index (χ1n) is 6.29. The van der Waals surface area contributed by atoms with Gasteiger partial charge in [0.15, 0.2) is 11.6 Å². The van der Waals surface area contributed by atoms with E-state index in [1.54, 1.807) is 12.1 Å². The zero-order valence-electron chi connectivity index (χ0n) is 10.6. The summed E-state index contributed by atoms with van der Waals surface area (Å²) in [5.41, 5.74) is 0.483. The monoisotopic (exact) mass is 241 g/mol. The average Bonchev–Trinajstić information content (AvgIpc) is 2.33. The smallest absolute Gasteiger partial charge is 0.162 e. The molecule has 0 amide bonds. The highest BCUT2D eigenvalue weighted by molar-refractivity contribution is 5.18. The number of aryl methyl sites for hydroxylation is 1. The largest absolute Gasteiger partial charge is 0.317 e. The molecule has 0 aliphatic rings. The number of hydrogen-bond donors (Lipinski definition) is 1. The minimum Gasteiger partial charge on any atom is -0.317 e. The first-order valence-corrected chi connectivity index (χ1v) is 6.29. The molecule has 3 heteroatoms. The van der Waals surface area contributed by atoms with Crippen molar-refractivity contribution >= 4 is 0 Å². The Labute approximate surface area is 102 Å². The van der Waals surface area contributed by atoms with Crippen LogP contribution >= 0.6 is 0 Å². The van der Waals surface area contributed by atoms with Gasteiger partial charge in [0, 0.05) is 6.04 Å². The molecule has 0 radical (unpaired) electrons. The normalized spacial score (nSPS) is 12.7. The molecule has 1 aromatic carbocycles. The summed E-state index contributed by atoms with van der Waals surface area (Å²) >= 11 is 0. The van der Waals surface area contributed by atoms with Gasteiger partial charge >= 0.3 is 0 Å². The Balaban J connectivity index is 2.42. The van der Waals surface area contributed by atoms with E-state index in [9.17, 15) is 8.78 Å². The second kappa shape index (κ2) is 7.38. The van der Waals surface area contributed by atoms with E-state index in [4.69, 9.17) is 0 Å². The third-order valence-electron chi connectivity index (χ3n) is 3.08. The standard InChI is InChI=1S/C14H21F2N/c1-3-6-12(17-2)9-4-7-11-8-5-10-13(15)14(11)16/h5,8,10,12,17H,3-4,6-7,9H2,1-2H3. The lowest BCUT2D eigenvalue weighted by Gasteiger charge is -2.14. The van der Waals surface area contributed by atoms with E-state index in [0.717, 1.165) is 31.7 Å². The zero-order valence-corrected chi connectivity index (χ0v) is 10.6. The Hall–Kier alpha value is -0.960. The van der Waals surface area contributed by atoms with Gasteiger partial charge < -0.3 is 5.32 Å². The lowest BCUT2D eigenvalue weighted by Crippen LogP contribution is -2.24. The maximum atomic E-state index is 13.4.